The van der Waals surface area contributed by atoms with E-state index in [0.717, 1.165) is 35.4 Å². The monoisotopic (exact) mass is 399 g/mol. The van der Waals surface area contributed by atoms with E-state index in [1.54, 1.807) is 0 Å². The van der Waals surface area contributed by atoms with Gasteiger partial charge in [-0.3, -0.25) is 14.5 Å². The summed E-state index contributed by atoms with van der Waals surface area (Å²) in [5.74, 6) is -0.959. The van der Waals surface area contributed by atoms with Crippen LogP contribution in [-0.4, -0.2) is 19.3 Å². The summed E-state index contributed by atoms with van der Waals surface area (Å²) in [4.78, 5) is 16.2. The summed E-state index contributed by atoms with van der Waals surface area (Å²) in [5, 5.41) is 2.74. The lowest BCUT2D eigenvalue weighted by atomic mass is 10.1. The normalized spacial score (nSPS) is 11.1. The minimum Gasteiger partial charge on any atom is -0.347 e. The van der Waals surface area contributed by atoms with Crippen molar-refractivity contribution in [2.45, 2.75) is 18.4 Å². The average Bonchev–Trinajstić information content (AvgIpc) is 2.67. The summed E-state index contributed by atoms with van der Waals surface area (Å²) in [6.07, 6.45) is 1.34. The molecule has 0 aliphatic heterocycles. The Bertz CT molecular complexity index is 1080. The van der Waals surface area contributed by atoms with Gasteiger partial charge in [-0.05, 0) is 48.9 Å². The van der Waals surface area contributed by atoms with Crippen molar-refractivity contribution in [2.24, 2.45) is 0 Å². The van der Waals surface area contributed by atoms with Crippen molar-refractivity contribution in [3.05, 3.63) is 89.5 Å². The van der Waals surface area contributed by atoms with Crippen LogP contribution in [0.25, 0.3) is 0 Å². The van der Waals surface area contributed by atoms with E-state index < -0.39 is 21.7 Å². The lowest BCUT2D eigenvalue weighted by molar-refractivity contribution is 0.0946. The van der Waals surface area contributed by atoms with Gasteiger partial charge in [-0.15, -0.1) is 0 Å². The van der Waals surface area contributed by atoms with E-state index in [4.69, 9.17) is 0 Å². The number of nitrogens with one attached hydrogen (secondary N) is 2. The molecule has 3 rings (SSSR count). The number of carbonyl (C=O) groups is 1. The van der Waals surface area contributed by atoms with Crippen LogP contribution < -0.4 is 10.0 Å². The molecule has 8 heteroatoms. The van der Waals surface area contributed by atoms with Crippen LogP contribution in [0.4, 0.5) is 10.1 Å². The van der Waals surface area contributed by atoms with E-state index in [1.165, 1.54) is 18.3 Å². The number of pyridine rings is 1. The van der Waals surface area contributed by atoms with E-state index in [-0.39, 0.29) is 16.3 Å². The van der Waals surface area contributed by atoms with Crippen molar-refractivity contribution in [3.8, 4) is 0 Å². The van der Waals surface area contributed by atoms with E-state index in [2.05, 4.69) is 15.0 Å². The molecule has 0 radical (unpaired) electrons. The molecule has 28 heavy (non-hydrogen) atoms. The van der Waals surface area contributed by atoms with E-state index in [1.807, 2.05) is 31.2 Å². The molecule has 0 spiro atoms. The first-order valence-electron chi connectivity index (χ1n) is 8.42. The summed E-state index contributed by atoms with van der Waals surface area (Å²) in [5.41, 5.74) is 2.32. The molecule has 2 N–H and O–H groups in total. The van der Waals surface area contributed by atoms with Crippen molar-refractivity contribution < 1.29 is 17.6 Å². The Morgan fingerprint density at radius 2 is 1.71 bits per heavy atom. The third kappa shape index (κ3) is 4.92. The fourth-order valence-electron chi connectivity index (χ4n) is 2.42. The zero-order chi connectivity index (χ0) is 20.1. The Labute approximate surface area is 162 Å². The van der Waals surface area contributed by atoms with Gasteiger partial charge < -0.3 is 5.32 Å². The van der Waals surface area contributed by atoms with Gasteiger partial charge in [-0.25, -0.2) is 12.8 Å². The summed E-state index contributed by atoms with van der Waals surface area (Å²) in [6.45, 7) is 2.30. The minimum atomic E-state index is -3.91. The third-order valence-electron chi connectivity index (χ3n) is 3.94. The number of sulfonamides is 1. The molecule has 1 aromatic heterocycles. The Hall–Kier alpha value is -3.26. The van der Waals surface area contributed by atoms with Gasteiger partial charge in [0.15, 0.2) is 0 Å². The third-order valence-corrected chi connectivity index (χ3v) is 5.34. The standard InChI is InChI=1S/C20H18FN3O3S/c1-14-2-4-15(5-3-14)13-23-20(25)19-12-17(10-11-22-19)24-28(26,27)18-8-6-16(21)7-9-18/h2-12H,13H2,1H3,(H,22,24)(H,23,25). The van der Waals surface area contributed by atoms with Crippen LogP contribution in [-0.2, 0) is 16.6 Å². The SMILES string of the molecule is Cc1ccc(CNC(=O)c2cc(NS(=O)(=O)c3ccc(F)cc3)ccn2)cc1. The molecular weight excluding hydrogens is 381 g/mol. The van der Waals surface area contributed by atoms with E-state index in [0.29, 0.717) is 6.54 Å². The van der Waals surface area contributed by atoms with Crippen LogP contribution in [0, 0.1) is 12.7 Å². The maximum Gasteiger partial charge on any atom is 0.270 e. The van der Waals surface area contributed by atoms with Crippen LogP contribution in [0.1, 0.15) is 21.6 Å². The first-order chi connectivity index (χ1) is 13.3. The predicted octanol–water partition coefficient (Wildman–Crippen LogP) is 3.26. The number of rotatable bonds is 6. The molecule has 0 fully saturated rings. The maximum absolute atomic E-state index is 13.0. The fraction of sp³-hybridized carbons (Fsp3) is 0.100. The molecule has 0 atom stereocenters. The predicted molar refractivity (Wildman–Crippen MR) is 104 cm³/mol. The molecule has 2 aromatic carbocycles. The summed E-state index contributed by atoms with van der Waals surface area (Å²) in [7, 11) is -3.91. The first kappa shape index (κ1) is 19.5. The highest BCUT2D eigenvalue weighted by atomic mass is 32.2. The van der Waals surface area contributed by atoms with E-state index >= 15 is 0 Å². The van der Waals surface area contributed by atoms with Crippen molar-refractivity contribution in [2.75, 3.05) is 4.72 Å². The van der Waals surface area contributed by atoms with Gasteiger partial charge in [-0.2, -0.15) is 0 Å². The highest BCUT2D eigenvalue weighted by Crippen LogP contribution is 2.17. The number of hydrogen-bond donors (Lipinski definition) is 2. The Kier molecular flexibility index (Phi) is 5.70. The van der Waals surface area contributed by atoms with Gasteiger partial charge in [0.1, 0.15) is 11.5 Å². The van der Waals surface area contributed by atoms with Crippen molar-refractivity contribution in [1.82, 2.24) is 10.3 Å². The molecule has 1 heterocycles. The second-order valence-electron chi connectivity index (χ2n) is 6.16. The first-order valence-corrected chi connectivity index (χ1v) is 9.90. The highest BCUT2D eigenvalue weighted by Gasteiger charge is 2.15. The second kappa shape index (κ2) is 8.18. The van der Waals surface area contributed by atoms with Gasteiger partial charge in [-0.1, -0.05) is 29.8 Å². The maximum atomic E-state index is 13.0. The summed E-state index contributed by atoms with van der Waals surface area (Å²) in [6, 6.07) is 14.9. The van der Waals surface area contributed by atoms with Crippen LogP contribution in [0.3, 0.4) is 0 Å². The van der Waals surface area contributed by atoms with Crippen molar-refractivity contribution in [3.63, 3.8) is 0 Å². The second-order valence-corrected chi connectivity index (χ2v) is 7.84. The molecule has 0 aliphatic rings. The smallest absolute Gasteiger partial charge is 0.270 e. The van der Waals surface area contributed by atoms with Crippen molar-refractivity contribution in [1.29, 1.82) is 0 Å². The molecule has 144 valence electrons. The minimum absolute atomic E-state index is 0.0754. The van der Waals surface area contributed by atoms with Crippen LogP contribution in [0.15, 0.2) is 71.8 Å². The van der Waals surface area contributed by atoms with Gasteiger partial charge >= 0.3 is 0 Å². The lowest BCUT2D eigenvalue weighted by Gasteiger charge is -2.10. The van der Waals surface area contributed by atoms with Crippen molar-refractivity contribution >= 4 is 21.6 Å². The number of nitrogens with zero attached hydrogens (tertiary/aromatic N) is 1. The van der Waals surface area contributed by atoms with Gasteiger partial charge in [0, 0.05) is 12.7 Å². The molecule has 3 aromatic rings. The highest BCUT2D eigenvalue weighted by molar-refractivity contribution is 7.92. The molecule has 1 amide bonds. The number of benzene rings is 2. The molecule has 0 aliphatic carbocycles. The van der Waals surface area contributed by atoms with Crippen LogP contribution >= 0.6 is 0 Å². The summed E-state index contributed by atoms with van der Waals surface area (Å²) < 4.78 is 40.1. The van der Waals surface area contributed by atoms with Gasteiger partial charge in [0.05, 0.1) is 10.6 Å². The number of amides is 1. The topological polar surface area (TPSA) is 88.2 Å². The average molecular weight is 399 g/mol. The fourth-order valence-corrected chi connectivity index (χ4v) is 3.47. The van der Waals surface area contributed by atoms with Gasteiger partial charge in [0.25, 0.3) is 15.9 Å². The summed E-state index contributed by atoms with van der Waals surface area (Å²) >= 11 is 0. The molecule has 0 bridgehead atoms. The zero-order valence-corrected chi connectivity index (χ0v) is 15.8. The Balaban J connectivity index is 1.70. The number of hydrogen-bond acceptors (Lipinski definition) is 4. The Morgan fingerprint density at radius 3 is 2.39 bits per heavy atom. The Morgan fingerprint density at radius 1 is 1.04 bits per heavy atom. The van der Waals surface area contributed by atoms with Crippen LogP contribution in [0.2, 0.25) is 0 Å². The molecule has 6 nitrogen and oxygen atoms in total. The lowest BCUT2D eigenvalue weighted by Crippen LogP contribution is -2.24. The van der Waals surface area contributed by atoms with Gasteiger partial charge in [0.2, 0.25) is 0 Å². The zero-order valence-electron chi connectivity index (χ0n) is 15.0. The number of aromatic nitrogens is 1. The number of aryl methyl sites for hydroxylation is 1. The van der Waals surface area contributed by atoms with Crippen LogP contribution in [0.5, 0.6) is 0 Å². The number of anilines is 1. The number of carbonyl (C=O) groups excluding carboxylic acids is 1. The molecule has 0 saturated heterocycles. The quantitative estimate of drug-likeness (QED) is 0.666. The molecular formula is C20H18FN3O3S. The molecule has 0 saturated carbocycles. The molecule has 0 unspecified atom stereocenters. The largest absolute Gasteiger partial charge is 0.347 e. The number of halogens is 1. The van der Waals surface area contributed by atoms with E-state index in [9.17, 15) is 17.6 Å².